The van der Waals surface area contributed by atoms with Crippen LogP contribution in [0.2, 0.25) is 0 Å². The van der Waals surface area contributed by atoms with E-state index in [1.165, 1.54) is 10.5 Å². The van der Waals surface area contributed by atoms with Gasteiger partial charge in [0.25, 0.3) is 0 Å². The van der Waals surface area contributed by atoms with Crippen molar-refractivity contribution >= 4 is 46.1 Å². The van der Waals surface area contributed by atoms with Crippen molar-refractivity contribution in [3.8, 4) is 21.9 Å². The molecule has 0 radical (unpaired) electrons. The molecule has 6 rings (SSSR count). The van der Waals surface area contributed by atoms with Gasteiger partial charge in [0.2, 0.25) is 23.6 Å². The molecule has 1 fully saturated rings. The summed E-state index contributed by atoms with van der Waals surface area (Å²) in [6.45, 7) is 10.5. The number of aromatic hydroxyl groups is 1. The van der Waals surface area contributed by atoms with Gasteiger partial charge in [0, 0.05) is 39.4 Å². The van der Waals surface area contributed by atoms with Gasteiger partial charge in [-0.1, -0.05) is 107 Å². The fourth-order valence-corrected chi connectivity index (χ4v) is 8.87. The molecule has 342 valence electrons. The summed E-state index contributed by atoms with van der Waals surface area (Å²) in [6.07, 6.45) is 0.457. The van der Waals surface area contributed by atoms with Crippen LogP contribution in [0.5, 0.6) is 11.5 Å². The number of thiazole rings is 1. The van der Waals surface area contributed by atoms with E-state index in [0.717, 1.165) is 50.4 Å². The number of likely N-dealkylation sites (tertiary alicyclic amines) is 1. The highest BCUT2D eigenvalue weighted by Crippen LogP contribution is 2.36. The first kappa shape index (κ1) is 48.2. The van der Waals surface area contributed by atoms with Crippen LogP contribution in [0.3, 0.4) is 0 Å². The fourth-order valence-electron chi connectivity index (χ4n) is 8.06. The van der Waals surface area contributed by atoms with Crippen molar-refractivity contribution in [1.82, 2.24) is 25.4 Å². The normalized spacial score (nSPS) is 15.8. The number of amides is 4. The minimum Gasteiger partial charge on any atom is -0.508 e. The number of allylic oxidation sites excluding steroid dienone is 1. The summed E-state index contributed by atoms with van der Waals surface area (Å²) < 4.78 is 6.03. The number of nitrogens with zero attached hydrogens (tertiary/aromatic N) is 3. The second kappa shape index (κ2) is 22.1. The number of carbonyl (C=O) groups excluding carboxylic acids is 4. The standard InChI is InChI=1S/C52H61N5O7S/c1-7-43(36-12-9-8-10-13-36)47(37-20-24-40(58)25-21-37)38-22-26-42(27-23-38)64-29-28-56(6)46(61)15-11-14-45(60)55-49(52(3,4)5)51(63)57-32-41(59)30-44(57)50(62)53-31-35-16-18-39(19-17-35)48-34(2)54-33-65-48/h8-10,12-13,16-27,33,41,44,49,58-59H,7,11,14-15,28-32H2,1-6H3,(H,53,62)(H,55,60)/t41-,44+,49-/m1/s1. The Bertz CT molecular complexity index is 2430. The first-order chi connectivity index (χ1) is 31.1. The van der Waals surface area contributed by atoms with Crippen molar-refractivity contribution in [3.63, 3.8) is 0 Å². The summed E-state index contributed by atoms with van der Waals surface area (Å²) in [6, 6.07) is 31.4. The fraction of sp³-hybridized carbons (Fsp3) is 0.365. The van der Waals surface area contributed by atoms with Gasteiger partial charge in [-0.05, 0) is 88.4 Å². The summed E-state index contributed by atoms with van der Waals surface area (Å²) >= 11 is 1.57. The highest BCUT2D eigenvalue weighted by molar-refractivity contribution is 7.13. The number of aliphatic hydroxyl groups excluding tert-OH is 1. The Labute approximate surface area is 386 Å². The summed E-state index contributed by atoms with van der Waals surface area (Å²) in [7, 11) is 1.70. The Kier molecular flexibility index (Phi) is 16.3. The lowest BCUT2D eigenvalue weighted by Gasteiger charge is -2.35. The Balaban J connectivity index is 0.968. The quantitative estimate of drug-likeness (QED) is 0.0644. The van der Waals surface area contributed by atoms with Crippen molar-refractivity contribution in [2.45, 2.75) is 91.5 Å². The molecule has 0 spiro atoms. The third-order valence-electron chi connectivity index (χ3n) is 11.7. The summed E-state index contributed by atoms with van der Waals surface area (Å²) in [5.41, 5.74) is 9.39. The van der Waals surface area contributed by atoms with Crippen molar-refractivity contribution in [1.29, 1.82) is 0 Å². The van der Waals surface area contributed by atoms with Gasteiger partial charge in [-0.2, -0.15) is 0 Å². The molecule has 1 aliphatic heterocycles. The van der Waals surface area contributed by atoms with E-state index in [9.17, 15) is 29.4 Å². The maximum absolute atomic E-state index is 14.1. The summed E-state index contributed by atoms with van der Waals surface area (Å²) in [5, 5.41) is 26.4. The highest BCUT2D eigenvalue weighted by atomic mass is 32.1. The van der Waals surface area contributed by atoms with Crippen molar-refractivity contribution in [2.24, 2.45) is 5.41 Å². The van der Waals surface area contributed by atoms with Crippen molar-refractivity contribution < 1.29 is 34.1 Å². The number of aliphatic hydroxyl groups is 1. The number of likely N-dealkylation sites (N-methyl/N-ethyl adjacent to an activating group) is 1. The SMILES string of the molecule is CCC(=C(c1ccc(O)cc1)c1ccc(OCCN(C)C(=O)CCCC(=O)N[C@H](C(=O)N2C[C@H](O)C[C@H]2C(=O)NCc2ccc(-c3scnc3C)cc2)C(C)(C)C)cc1)c1ccccc1. The molecule has 1 aromatic heterocycles. The third kappa shape index (κ3) is 12.7. The number of phenols is 1. The van der Waals surface area contributed by atoms with Gasteiger partial charge in [0.15, 0.2) is 0 Å². The molecule has 13 heteroatoms. The predicted molar refractivity (Wildman–Crippen MR) is 256 cm³/mol. The van der Waals surface area contributed by atoms with E-state index in [0.29, 0.717) is 12.3 Å². The molecule has 4 aromatic carbocycles. The molecule has 4 amide bonds. The molecule has 12 nitrogen and oxygen atoms in total. The minimum absolute atomic E-state index is 0.0218. The Morgan fingerprint density at radius 3 is 2.18 bits per heavy atom. The second-order valence-electron chi connectivity index (χ2n) is 17.6. The first-order valence-corrected chi connectivity index (χ1v) is 23.1. The Morgan fingerprint density at radius 1 is 0.908 bits per heavy atom. The van der Waals surface area contributed by atoms with Gasteiger partial charge in [0.1, 0.15) is 30.2 Å². The molecule has 4 N–H and O–H groups in total. The average molecular weight is 900 g/mol. The van der Waals surface area contributed by atoms with Gasteiger partial charge in [-0.15, -0.1) is 11.3 Å². The number of aromatic nitrogens is 1. The molecule has 3 atom stereocenters. The number of hydrogen-bond donors (Lipinski definition) is 4. The van der Waals surface area contributed by atoms with E-state index >= 15 is 0 Å². The van der Waals surface area contributed by atoms with Gasteiger partial charge >= 0.3 is 0 Å². The van der Waals surface area contributed by atoms with Crippen LogP contribution in [0.4, 0.5) is 0 Å². The predicted octanol–water partition coefficient (Wildman–Crippen LogP) is 8.01. The molecule has 2 heterocycles. The van der Waals surface area contributed by atoms with E-state index in [-0.39, 0.29) is 68.9 Å². The van der Waals surface area contributed by atoms with Gasteiger partial charge in [-0.3, -0.25) is 19.2 Å². The molecule has 65 heavy (non-hydrogen) atoms. The smallest absolute Gasteiger partial charge is 0.246 e. The topological polar surface area (TPSA) is 161 Å². The van der Waals surface area contributed by atoms with Gasteiger partial charge in [-0.25, -0.2) is 4.98 Å². The monoisotopic (exact) mass is 899 g/mol. The summed E-state index contributed by atoms with van der Waals surface area (Å²) in [4.78, 5) is 62.2. The molecule has 0 unspecified atom stereocenters. The zero-order valence-corrected chi connectivity index (χ0v) is 39.0. The zero-order chi connectivity index (χ0) is 46.7. The Morgan fingerprint density at radius 2 is 1.57 bits per heavy atom. The average Bonchev–Trinajstić information content (AvgIpc) is 3.92. The van der Waals surface area contributed by atoms with E-state index in [1.54, 1.807) is 35.4 Å². The lowest BCUT2D eigenvalue weighted by atomic mass is 9.85. The maximum atomic E-state index is 14.1. The number of ether oxygens (including phenoxy) is 1. The molecular weight excluding hydrogens is 839 g/mol. The van der Waals surface area contributed by atoms with E-state index in [4.69, 9.17) is 4.74 Å². The molecular formula is C52H61N5O7S. The van der Waals surface area contributed by atoms with E-state index < -0.39 is 29.5 Å². The molecule has 5 aromatic rings. The van der Waals surface area contributed by atoms with Crippen LogP contribution in [-0.2, 0) is 25.7 Å². The number of aryl methyl sites for hydroxylation is 1. The number of carbonyl (C=O) groups is 4. The van der Waals surface area contributed by atoms with E-state index in [2.05, 4.69) is 34.7 Å². The van der Waals surface area contributed by atoms with Crippen LogP contribution in [0, 0.1) is 12.3 Å². The maximum Gasteiger partial charge on any atom is 0.246 e. The number of hydrogen-bond acceptors (Lipinski definition) is 9. The van der Waals surface area contributed by atoms with Crippen LogP contribution in [0.1, 0.15) is 87.7 Å². The van der Waals surface area contributed by atoms with Crippen LogP contribution in [0.15, 0.2) is 109 Å². The lowest BCUT2D eigenvalue weighted by molar-refractivity contribution is -0.144. The van der Waals surface area contributed by atoms with Gasteiger partial charge in [0.05, 0.1) is 28.7 Å². The van der Waals surface area contributed by atoms with Crippen LogP contribution >= 0.6 is 11.3 Å². The second-order valence-corrected chi connectivity index (χ2v) is 18.5. The first-order valence-electron chi connectivity index (χ1n) is 22.2. The van der Waals surface area contributed by atoms with Crippen molar-refractivity contribution in [3.05, 3.63) is 137 Å². The summed E-state index contributed by atoms with van der Waals surface area (Å²) in [5.74, 6) is -0.460. The van der Waals surface area contributed by atoms with Crippen LogP contribution in [0.25, 0.3) is 21.6 Å². The molecule has 0 aliphatic carbocycles. The Hall–Kier alpha value is -6.31. The zero-order valence-electron chi connectivity index (χ0n) is 38.2. The van der Waals surface area contributed by atoms with Crippen LogP contribution in [-0.4, -0.2) is 93.6 Å². The highest BCUT2D eigenvalue weighted by Gasteiger charge is 2.44. The minimum atomic E-state index is -0.962. The number of benzene rings is 4. The van der Waals surface area contributed by atoms with Crippen molar-refractivity contribution in [2.75, 3.05) is 26.7 Å². The van der Waals surface area contributed by atoms with E-state index in [1.807, 2.05) is 112 Å². The molecule has 0 bridgehead atoms. The molecule has 0 saturated carbocycles. The number of rotatable bonds is 18. The third-order valence-corrected chi connectivity index (χ3v) is 12.7. The number of nitrogens with one attached hydrogen (secondary N) is 2. The molecule has 1 aliphatic rings. The number of phenolic OH excluding ortho intramolecular Hbond substituents is 1. The largest absolute Gasteiger partial charge is 0.508 e. The lowest BCUT2D eigenvalue weighted by Crippen LogP contribution is -2.57. The molecule has 1 saturated heterocycles. The van der Waals surface area contributed by atoms with Gasteiger partial charge < -0.3 is 35.4 Å². The van der Waals surface area contributed by atoms with Crippen LogP contribution < -0.4 is 15.4 Å². The number of β-amino-alcohol motifs (C(OH)–C–C–N with tert-alkyl or cyclic N) is 1.